The monoisotopic (exact) mass is 347 g/mol. The number of carbonyl (C=O) groups is 2. The molecule has 3 rings (SSSR count). The SMILES string of the molecule is C[C@H]1CC[C@@H](C(N)=O)CN1C(=O)c1cc(-c2cccc(Cl)c2)no1. The van der Waals surface area contributed by atoms with Crippen LogP contribution < -0.4 is 5.73 Å². The van der Waals surface area contributed by atoms with Gasteiger partial charge in [0.2, 0.25) is 11.7 Å². The van der Waals surface area contributed by atoms with Gasteiger partial charge in [-0.15, -0.1) is 0 Å². The lowest BCUT2D eigenvalue weighted by Gasteiger charge is -2.36. The standard InChI is InChI=1S/C17H18ClN3O3/c1-10-5-6-12(16(19)22)9-21(10)17(23)15-8-14(20-24-15)11-3-2-4-13(18)7-11/h2-4,7-8,10,12H,5-6,9H2,1H3,(H2,19,22)/t10-,12+/m0/s1. The van der Waals surface area contributed by atoms with E-state index in [1.165, 1.54) is 0 Å². The molecule has 1 aromatic carbocycles. The number of halogens is 1. The first-order chi connectivity index (χ1) is 11.5. The van der Waals surface area contributed by atoms with Crippen molar-refractivity contribution in [1.29, 1.82) is 0 Å². The van der Waals surface area contributed by atoms with Gasteiger partial charge in [-0.25, -0.2) is 0 Å². The summed E-state index contributed by atoms with van der Waals surface area (Å²) in [4.78, 5) is 25.8. The molecular weight excluding hydrogens is 330 g/mol. The molecule has 1 saturated heterocycles. The van der Waals surface area contributed by atoms with E-state index in [1.807, 2.05) is 13.0 Å². The maximum Gasteiger partial charge on any atom is 0.292 e. The van der Waals surface area contributed by atoms with Crippen LogP contribution in [0.5, 0.6) is 0 Å². The largest absolute Gasteiger partial charge is 0.369 e. The lowest BCUT2D eigenvalue weighted by atomic mass is 9.92. The highest BCUT2D eigenvalue weighted by atomic mass is 35.5. The summed E-state index contributed by atoms with van der Waals surface area (Å²) in [6.45, 7) is 2.26. The molecule has 2 atom stereocenters. The van der Waals surface area contributed by atoms with Crippen molar-refractivity contribution in [2.75, 3.05) is 6.54 Å². The molecular formula is C17H18ClN3O3. The van der Waals surface area contributed by atoms with Gasteiger partial charge in [0.15, 0.2) is 0 Å². The molecule has 1 aliphatic heterocycles. The Kier molecular flexibility index (Phi) is 4.57. The summed E-state index contributed by atoms with van der Waals surface area (Å²) in [6, 6.07) is 8.77. The average molecular weight is 348 g/mol. The Morgan fingerprint density at radius 1 is 1.33 bits per heavy atom. The van der Waals surface area contributed by atoms with E-state index in [-0.39, 0.29) is 29.5 Å². The molecule has 0 saturated carbocycles. The Morgan fingerprint density at radius 3 is 2.83 bits per heavy atom. The van der Waals surface area contributed by atoms with Crippen LogP contribution in [0.25, 0.3) is 11.3 Å². The van der Waals surface area contributed by atoms with Crippen molar-refractivity contribution in [1.82, 2.24) is 10.1 Å². The van der Waals surface area contributed by atoms with Crippen molar-refractivity contribution < 1.29 is 14.1 Å². The predicted octanol–water partition coefficient (Wildman–Crippen LogP) is 2.72. The Morgan fingerprint density at radius 2 is 2.12 bits per heavy atom. The number of nitrogens with zero attached hydrogens (tertiary/aromatic N) is 2. The minimum Gasteiger partial charge on any atom is -0.369 e. The van der Waals surface area contributed by atoms with Crippen molar-refractivity contribution in [3.8, 4) is 11.3 Å². The maximum absolute atomic E-state index is 12.7. The summed E-state index contributed by atoms with van der Waals surface area (Å²) in [7, 11) is 0. The Bertz CT molecular complexity index is 774. The number of likely N-dealkylation sites (tertiary alicyclic amines) is 1. The van der Waals surface area contributed by atoms with Gasteiger partial charge in [-0.2, -0.15) is 0 Å². The summed E-state index contributed by atoms with van der Waals surface area (Å²) < 4.78 is 5.22. The van der Waals surface area contributed by atoms with Crippen LogP contribution in [-0.4, -0.2) is 34.5 Å². The minimum atomic E-state index is -0.378. The number of rotatable bonds is 3. The minimum absolute atomic E-state index is 0.0211. The van der Waals surface area contributed by atoms with E-state index in [4.69, 9.17) is 21.9 Å². The van der Waals surface area contributed by atoms with Gasteiger partial charge >= 0.3 is 0 Å². The third-order valence-corrected chi connectivity index (χ3v) is 4.62. The van der Waals surface area contributed by atoms with Crippen molar-refractivity contribution >= 4 is 23.4 Å². The first kappa shape index (κ1) is 16.5. The molecule has 0 aliphatic carbocycles. The van der Waals surface area contributed by atoms with E-state index in [2.05, 4.69) is 5.16 Å². The van der Waals surface area contributed by atoms with Gasteiger partial charge < -0.3 is 15.2 Å². The second-order valence-corrected chi connectivity index (χ2v) is 6.51. The quantitative estimate of drug-likeness (QED) is 0.924. The molecule has 1 aliphatic rings. The number of hydrogen-bond acceptors (Lipinski definition) is 4. The molecule has 2 aromatic rings. The van der Waals surface area contributed by atoms with Gasteiger partial charge in [-0.1, -0.05) is 28.9 Å². The van der Waals surface area contributed by atoms with E-state index in [1.54, 1.807) is 29.2 Å². The summed E-state index contributed by atoms with van der Waals surface area (Å²) in [5.41, 5.74) is 6.69. The summed E-state index contributed by atoms with van der Waals surface area (Å²) >= 11 is 5.97. The molecule has 0 unspecified atom stereocenters. The number of amides is 2. The van der Waals surface area contributed by atoms with E-state index >= 15 is 0 Å². The van der Waals surface area contributed by atoms with Crippen LogP contribution in [0.2, 0.25) is 5.02 Å². The molecule has 0 spiro atoms. The molecule has 24 heavy (non-hydrogen) atoms. The molecule has 1 aromatic heterocycles. The fourth-order valence-electron chi connectivity index (χ4n) is 2.92. The van der Waals surface area contributed by atoms with Crippen LogP contribution in [0, 0.1) is 5.92 Å². The third kappa shape index (κ3) is 3.28. The van der Waals surface area contributed by atoms with E-state index in [0.717, 1.165) is 12.0 Å². The fraction of sp³-hybridized carbons (Fsp3) is 0.353. The van der Waals surface area contributed by atoms with Crippen LogP contribution in [0.1, 0.15) is 30.3 Å². The Labute approximate surface area is 144 Å². The molecule has 6 nitrogen and oxygen atoms in total. The van der Waals surface area contributed by atoms with Crippen LogP contribution in [0.4, 0.5) is 0 Å². The highest BCUT2D eigenvalue weighted by molar-refractivity contribution is 6.30. The molecule has 7 heteroatoms. The zero-order valence-electron chi connectivity index (χ0n) is 13.2. The van der Waals surface area contributed by atoms with E-state index in [0.29, 0.717) is 23.7 Å². The van der Waals surface area contributed by atoms with Gasteiger partial charge in [0.25, 0.3) is 5.91 Å². The van der Waals surface area contributed by atoms with Crippen LogP contribution in [-0.2, 0) is 4.79 Å². The first-order valence-electron chi connectivity index (χ1n) is 7.78. The van der Waals surface area contributed by atoms with E-state index < -0.39 is 0 Å². The lowest BCUT2D eigenvalue weighted by molar-refractivity contribution is -0.123. The summed E-state index contributed by atoms with van der Waals surface area (Å²) in [5, 5.41) is 4.53. The average Bonchev–Trinajstić information content (AvgIpc) is 3.04. The number of nitrogens with two attached hydrogens (primary N) is 1. The summed E-state index contributed by atoms with van der Waals surface area (Å²) in [5.74, 6) is -0.839. The lowest BCUT2D eigenvalue weighted by Crippen LogP contribution is -2.48. The van der Waals surface area contributed by atoms with Gasteiger partial charge in [0, 0.05) is 29.2 Å². The number of primary amides is 1. The van der Waals surface area contributed by atoms with Crippen molar-refractivity contribution in [3.05, 3.63) is 41.1 Å². The number of hydrogen-bond donors (Lipinski definition) is 1. The third-order valence-electron chi connectivity index (χ3n) is 4.39. The van der Waals surface area contributed by atoms with E-state index in [9.17, 15) is 9.59 Å². The molecule has 2 amide bonds. The van der Waals surface area contributed by atoms with Crippen LogP contribution in [0.3, 0.4) is 0 Å². The Balaban J connectivity index is 1.81. The van der Waals surface area contributed by atoms with Crippen LogP contribution in [0.15, 0.2) is 34.9 Å². The second kappa shape index (κ2) is 6.65. The first-order valence-corrected chi connectivity index (χ1v) is 8.16. The zero-order chi connectivity index (χ0) is 17.3. The van der Waals surface area contributed by atoms with Gasteiger partial charge in [0.1, 0.15) is 5.69 Å². The van der Waals surface area contributed by atoms with Crippen LogP contribution >= 0.6 is 11.6 Å². The van der Waals surface area contributed by atoms with Gasteiger partial charge in [-0.05, 0) is 31.9 Å². The molecule has 1 fully saturated rings. The normalized spacial score (nSPS) is 20.8. The Hall–Kier alpha value is -2.34. The van der Waals surface area contributed by atoms with Crippen molar-refractivity contribution in [3.63, 3.8) is 0 Å². The molecule has 0 bridgehead atoms. The molecule has 0 radical (unpaired) electrons. The smallest absolute Gasteiger partial charge is 0.292 e. The molecule has 2 heterocycles. The predicted molar refractivity (Wildman–Crippen MR) is 89.4 cm³/mol. The second-order valence-electron chi connectivity index (χ2n) is 6.07. The molecule has 2 N–H and O–H groups in total. The van der Waals surface area contributed by atoms with Gasteiger partial charge in [0.05, 0.1) is 5.92 Å². The topological polar surface area (TPSA) is 89.4 Å². The zero-order valence-corrected chi connectivity index (χ0v) is 14.0. The number of piperidine rings is 1. The fourth-order valence-corrected chi connectivity index (χ4v) is 3.11. The number of aromatic nitrogens is 1. The highest BCUT2D eigenvalue weighted by Gasteiger charge is 2.33. The van der Waals surface area contributed by atoms with Gasteiger partial charge in [-0.3, -0.25) is 9.59 Å². The van der Waals surface area contributed by atoms with Crippen molar-refractivity contribution in [2.24, 2.45) is 11.7 Å². The highest BCUT2D eigenvalue weighted by Crippen LogP contribution is 2.26. The van der Waals surface area contributed by atoms with Crippen molar-refractivity contribution in [2.45, 2.75) is 25.8 Å². The maximum atomic E-state index is 12.7. The number of benzene rings is 1. The summed E-state index contributed by atoms with van der Waals surface area (Å²) in [6.07, 6.45) is 1.43. The number of carbonyl (C=O) groups excluding carboxylic acids is 2. The molecule has 126 valence electrons.